The summed E-state index contributed by atoms with van der Waals surface area (Å²) in [6, 6.07) is 7.07. The number of para-hydroxylation sites is 2. The predicted octanol–water partition coefficient (Wildman–Crippen LogP) is 1.88. The van der Waals surface area contributed by atoms with Crippen LogP contribution in [0.4, 0.5) is 8.78 Å². The zero-order valence-electron chi connectivity index (χ0n) is 11.5. The van der Waals surface area contributed by atoms with Crippen molar-refractivity contribution in [3.63, 3.8) is 0 Å². The molecule has 22 heavy (non-hydrogen) atoms. The molecule has 1 aromatic carbocycles. The Kier molecular flexibility index (Phi) is 4.50. The van der Waals surface area contributed by atoms with Gasteiger partial charge in [0.05, 0.1) is 5.69 Å². The number of nitrogens with zero attached hydrogens (tertiary/aromatic N) is 2. The molecule has 0 fully saturated rings. The number of carbonyl (C=O) groups is 1. The summed E-state index contributed by atoms with van der Waals surface area (Å²) in [6.45, 7) is 0.675. The second-order valence-electron chi connectivity index (χ2n) is 4.39. The van der Waals surface area contributed by atoms with E-state index in [4.69, 9.17) is 9.84 Å². The summed E-state index contributed by atoms with van der Waals surface area (Å²) in [7, 11) is 0. The van der Waals surface area contributed by atoms with Gasteiger partial charge in [-0.25, -0.2) is 13.6 Å². The summed E-state index contributed by atoms with van der Waals surface area (Å²) in [5.41, 5.74) is -0.942. The Balaban J connectivity index is 2.57. The molecule has 0 amide bonds. The zero-order chi connectivity index (χ0) is 16.3. The SMILES string of the molecule is Cc1cc(C(=O)O)c(=O)n(-c2ccccc2OCC(F)F)n1. The summed E-state index contributed by atoms with van der Waals surface area (Å²) < 4.78 is 30.3. The van der Waals surface area contributed by atoms with Gasteiger partial charge < -0.3 is 9.84 Å². The molecular weight excluding hydrogens is 298 g/mol. The van der Waals surface area contributed by atoms with Crippen LogP contribution in [0, 0.1) is 6.92 Å². The second-order valence-corrected chi connectivity index (χ2v) is 4.39. The number of carboxylic acid groups (broad SMARTS) is 1. The van der Waals surface area contributed by atoms with Gasteiger partial charge in [0.25, 0.3) is 12.0 Å². The second kappa shape index (κ2) is 6.33. The number of hydrogen-bond acceptors (Lipinski definition) is 4. The van der Waals surface area contributed by atoms with E-state index in [1.54, 1.807) is 12.1 Å². The molecule has 0 saturated carbocycles. The molecule has 0 atom stereocenters. The molecule has 0 aliphatic heterocycles. The minimum absolute atomic E-state index is 0.0133. The van der Waals surface area contributed by atoms with Gasteiger partial charge >= 0.3 is 5.97 Å². The van der Waals surface area contributed by atoms with E-state index in [1.807, 2.05) is 0 Å². The lowest BCUT2D eigenvalue weighted by Gasteiger charge is -2.13. The molecule has 0 spiro atoms. The Morgan fingerprint density at radius 2 is 2.09 bits per heavy atom. The first-order valence-electron chi connectivity index (χ1n) is 6.24. The molecule has 2 aromatic rings. The van der Waals surface area contributed by atoms with Gasteiger partial charge in [-0.3, -0.25) is 4.79 Å². The van der Waals surface area contributed by atoms with Crippen LogP contribution in [-0.4, -0.2) is 33.9 Å². The van der Waals surface area contributed by atoms with Crippen molar-refractivity contribution in [1.29, 1.82) is 0 Å². The summed E-state index contributed by atoms with van der Waals surface area (Å²) >= 11 is 0. The van der Waals surface area contributed by atoms with Crippen LogP contribution in [0.1, 0.15) is 16.1 Å². The minimum Gasteiger partial charge on any atom is -0.485 e. The van der Waals surface area contributed by atoms with Crippen molar-refractivity contribution in [2.24, 2.45) is 0 Å². The fraction of sp³-hybridized carbons (Fsp3) is 0.214. The quantitative estimate of drug-likeness (QED) is 0.912. The van der Waals surface area contributed by atoms with E-state index in [0.29, 0.717) is 5.69 Å². The average Bonchev–Trinajstić information content (AvgIpc) is 2.47. The molecule has 0 aliphatic carbocycles. The average molecular weight is 310 g/mol. The number of hydrogen-bond donors (Lipinski definition) is 1. The van der Waals surface area contributed by atoms with Crippen molar-refractivity contribution in [1.82, 2.24) is 9.78 Å². The number of alkyl halides is 2. The first-order valence-corrected chi connectivity index (χ1v) is 6.24. The topological polar surface area (TPSA) is 81.4 Å². The van der Waals surface area contributed by atoms with Crippen LogP contribution in [0.25, 0.3) is 5.69 Å². The van der Waals surface area contributed by atoms with Crippen molar-refractivity contribution < 1.29 is 23.4 Å². The molecular formula is C14H12F2N2O4. The Labute approximate surface area is 123 Å². The zero-order valence-corrected chi connectivity index (χ0v) is 11.5. The fourth-order valence-electron chi connectivity index (χ4n) is 1.84. The minimum atomic E-state index is -2.68. The largest absolute Gasteiger partial charge is 0.485 e. The van der Waals surface area contributed by atoms with E-state index in [-0.39, 0.29) is 11.4 Å². The Bertz CT molecular complexity index is 759. The Hall–Kier alpha value is -2.77. The summed E-state index contributed by atoms with van der Waals surface area (Å²) in [6.07, 6.45) is -2.68. The van der Waals surface area contributed by atoms with Gasteiger partial charge in [0.1, 0.15) is 23.6 Å². The molecule has 0 unspecified atom stereocenters. The fourth-order valence-corrected chi connectivity index (χ4v) is 1.84. The number of rotatable bonds is 5. The lowest BCUT2D eigenvalue weighted by Crippen LogP contribution is -2.28. The number of ether oxygens (including phenoxy) is 1. The van der Waals surface area contributed by atoms with Crippen LogP contribution >= 0.6 is 0 Å². The maximum absolute atomic E-state index is 12.3. The van der Waals surface area contributed by atoms with E-state index >= 15 is 0 Å². The highest BCUT2D eigenvalue weighted by Gasteiger charge is 2.17. The van der Waals surface area contributed by atoms with Gasteiger partial charge in [0, 0.05) is 0 Å². The normalized spacial score (nSPS) is 10.7. The highest BCUT2D eigenvalue weighted by atomic mass is 19.3. The van der Waals surface area contributed by atoms with Crippen LogP contribution in [-0.2, 0) is 0 Å². The molecule has 0 bridgehead atoms. The number of aryl methyl sites for hydroxylation is 1. The Morgan fingerprint density at radius 1 is 1.41 bits per heavy atom. The predicted molar refractivity (Wildman–Crippen MR) is 73.0 cm³/mol. The molecule has 1 heterocycles. The van der Waals surface area contributed by atoms with Crippen molar-refractivity contribution >= 4 is 5.97 Å². The van der Waals surface area contributed by atoms with Crippen LogP contribution in [0.5, 0.6) is 5.75 Å². The van der Waals surface area contributed by atoms with Crippen molar-refractivity contribution in [3.8, 4) is 11.4 Å². The summed E-state index contributed by atoms with van der Waals surface area (Å²) in [5.74, 6) is -1.38. The number of halogens is 2. The van der Waals surface area contributed by atoms with Gasteiger partial charge in [0.2, 0.25) is 0 Å². The van der Waals surface area contributed by atoms with E-state index in [1.165, 1.54) is 19.1 Å². The highest BCUT2D eigenvalue weighted by Crippen LogP contribution is 2.21. The lowest BCUT2D eigenvalue weighted by molar-refractivity contribution is 0.0694. The maximum Gasteiger partial charge on any atom is 0.341 e. The van der Waals surface area contributed by atoms with Gasteiger partial charge in [-0.05, 0) is 25.1 Å². The van der Waals surface area contributed by atoms with Gasteiger partial charge in [-0.15, -0.1) is 0 Å². The van der Waals surface area contributed by atoms with Crippen molar-refractivity contribution in [2.45, 2.75) is 13.3 Å². The standard InChI is InChI=1S/C14H12F2N2O4/c1-8-6-9(14(20)21)13(19)18(17-8)10-4-2-3-5-11(10)22-7-12(15)16/h2-6,12H,7H2,1H3,(H,20,21). The first-order chi connectivity index (χ1) is 10.4. The van der Waals surface area contributed by atoms with Crippen molar-refractivity contribution in [3.05, 3.63) is 51.9 Å². The lowest BCUT2D eigenvalue weighted by atomic mass is 10.2. The van der Waals surface area contributed by atoms with Crippen LogP contribution in [0.3, 0.4) is 0 Å². The monoisotopic (exact) mass is 310 g/mol. The molecule has 0 aliphatic rings. The number of benzene rings is 1. The molecule has 0 saturated heterocycles. The van der Waals surface area contributed by atoms with Gasteiger partial charge in [-0.1, -0.05) is 12.1 Å². The van der Waals surface area contributed by atoms with Crippen LogP contribution in [0.15, 0.2) is 35.1 Å². The van der Waals surface area contributed by atoms with Gasteiger partial charge in [0.15, 0.2) is 0 Å². The van der Waals surface area contributed by atoms with Crippen LogP contribution in [0.2, 0.25) is 0 Å². The van der Waals surface area contributed by atoms with Gasteiger partial charge in [-0.2, -0.15) is 9.78 Å². The third-order valence-electron chi connectivity index (χ3n) is 2.72. The molecule has 1 aromatic heterocycles. The number of aromatic carboxylic acids is 1. The molecule has 0 radical (unpaired) electrons. The van der Waals surface area contributed by atoms with Crippen LogP contribution < -0.4 is 10.3 Å². The summed E-state index contributed by atoms with van der Waals surface area (Å²) in [5, 5.41) is 13.0. The molecule has 2 rings (SSSR count). The van der Waals surface area contributed by atoms with E-state index in [0.717, 1.165) is 10.7 Å². The maximum atomic E-state index is 12.3. The number of aromatic nitrogens is 2. The molecule has 116 valence electrons. The Morgan fingerprint density at radius 3 is 2.73 bits per heavy atom. The molecule has 8 heteroatoms. The highest BCUT2D eigenvalue weighted by molar-refractivity contribution is 5.87. The van der Waals surface area contributed by atoms with E-state index < -0.39 is 30.1 Å². The van der Waals surface area contributed by atoms with E-state index in [9.17, 15) is 18.4 Å². The smallest absolute Gasteiger partial charge is 0.341 e. The number of carboxylic acids is 1. The van der Waals surface area contributed by atoms with Crippen molar-refractivity contribution in [2.75, 3.05) is 6.61 Å². The van der Waals surface area contributed by atoms with E-state index in [2.05, 4.69) is 5.10 Å². The summed E-state index contributed by atoms with van der Waals surface area (Å²) in [4.78, 5) is 23.3. The molecule has 6 nitrogen and oxygen atoms in total. The molecule has 1 N–H and O–H groups in total. The first kappa shape index (κ1) is 15.6. The third-order valence-corrected chi connectivity index (χ3v) is 2.72. The third kappa shape index (κ3) is 3.27.